The van der Waals surface area contributed by atoms with Crippen LogP contribution in [0.3, 0.4) is 0 Å². The number of aliphatic hydroxyl groups excluding tert-OH is 7. The largest absolute Gasteiger partial charge is 0.508 e. The molecule has 4 aromatic carbocycles. The minimum Gasteiger partial charge on any atom is -0.508 e. The molecule has 0 radical (unpaired) electrons. The van der Waals surface area contributed by atoms with E-state index in [9.17, 15) is 74.4 Å². The summed E-state index contributed by atoms with van der Waals surface area (Å²) in [5.74, 6) is -8.32. The summed E-state index contributed by atoms with van der Waals surface area (Å²) in [5.41, 5.74) is 3.43. The maximum Gasteiger partial charge on any atom is 0.251 e. The second-order valence-corrected chi connectivity index (χ2v) is 24.1. The average Bonchev–Trinajstić information content (AvgIpc) is 1.70. The smallest absolute Gasteiger partial charge is 0.251 e. The number of nitrogens with one attached hydrogen (secondary N) is 6. The highest BCUT2D eigenvalue weighted by Crippen LogP contribution is 2.30. The summed E-state index contributed by atoms with van der Waals surface area (Å²) in [6.07, 6.45) is -12.5. The number of hydrogen-bond acceptors (Lipinski definition) is 21. The van der Waals surface area contributed by atoms with Gasteiger partial charge < -0.3 is 101 Å². The molecule has 3 fully saturated rings. The number of hydrogen-bond donors (Lipinski definition) is 14. The molecule has 28 nitrogen and oxygen atoms in total. The van der Waals surface area contributed by atoms with Crippen LogP contribution < -0.4 is 36.6 Å². The number of fused-ring (bicyclic) bond motifs is 2. The Balaban J connectivity index is 1.21. The van der Waals surface area contributed by atoms with E-state index in [2.05, 4.69) is 38.8 Å². The fourth-order valence-corrected chi connectivity index (χ4v) is 11.4. The second-order valence-electron chi connectivity index (χ2n) is 24.1. The number of phenolic OH excluding ortho intramolecular Hbond substituents is 1. The average molecular weight is 1330 g/mol. The van der Waals surface area contributed by atoms with Crippen molar-refractivity contribution in [1.29, 1.82) is 0 Å². The molecule has 6 unspecified atom stereocenters. The molecule has 3 saturated heterocycles. The highest BCUT2D eigenvalue weighted by molar-refractivity contribution is 6.00. The van der Waals surface area contributed by atoms with Crippen LogP contribution in [0.15, 0.2) is 97.1 Å². The maximum absolute atomic E-state index is 14.9. The Bertz CT molecular complexity index is 3130. The molecule has 28 heteroatoms. The van der Waals surface area contributed by atoms with E-state index in [4.69, 9.17) is 23.7 Å². The number of carbonyl (C=O) groups excluding carboxylic acids is 7. The lowest BCUT2D eigenvalue weighted by molar-refractivity contribution is -0.148. The number of unbranched alkanes of at least 4 members (excludes halogenated alkanes) is 2. The minimum absolute atomic E-state index is 0.0365. The topological polar surface area (TPSA) is 406 Å². The zero-order valence-corrected chi connectivity index (χ0v) is 54.1. The van der Waals surface area contributed by atoms with Crippen LogP contribution in [0.25, 0.3) is 22.3 Å². The van der Waals surface area contributed by atoms with Crippen molar-refractivity contribution >= 4 is 41.4 Å². The molecule has 3 aliphatic heterocycles. The Kier molecular flexibility index (Phi) is 28.6. The maximum atomic E-state index is 14.9. The van der Waals surface area contributed by atoms with Crippen molar-refractivity contribution in [3.8, 4) is 33.8 Å². The highest BCUT2D eigenvalue weighted by atomic mass is 16.6. The molecular weight excluding hydrogens is 1240 g/mol. The number of carbonyl (C=O) groups is 7. The molecule has 14 N–H and O–H groups in total. The number of phenols is 1. The third-order valence-electron chi connectivity index (χ3n) is 16.9. The first-order chi connectivity index (χ1) is 45.5. The van der Waals surface area contributed by atoms with Crippen molar-refractivity contribution in [3.63, 3.8) is 0 Å². The van der Waals surface area contributed by atoms with Gasteiger partial charge in [-0.25, -0.2) is 0 Å². The van der Waals surface area contributed by atoms with Crippen molar-refractivity contribution < 1.29 is 98.1 Å². The molecule has 0 aliphatic carbocycles. The van der Waals surface area contributed by atoms with Crippen molar-refractivity contribution in [2.45, 2.75) is 145 Å². The van der Waals surface area contributed by atoms with E-state index in [1.807, 2.05) is 48.5 Å². The van der Waals surface area contributed by atoms with Gasteiger partial charge in [0.25, 0.3) is 5.91 Å². The molecule has 520 valence electrons. The van der Waals surface area contributed by atoms with Crippen LogP contribution in [0.4, 0.5) is 0 Å². The molecule has 4 aromatic rings. The predicted molar refractivity (Wildman–Crippen MR) is 344 cm³/mol. The molecule has 3 heterocycles. The van der Waals surface area contributed by atoms with Gasteiger partial charge in [-0.15, -0.1) is 0 Å². The normalized spacial score (nSPS) is 25.4. The number of aromatic hydroxyl groups is 1. The van der Waals surface area contributed by atoms with Gasteiger partial charge in [-0.05, 0) is 84.5 Å². The van der Waals surface area contributed by atoms with Gasteiger partial charge in [0.05, 0.1) is 83.4 Å². The number of rotatable bonds is 27. The summed E-state index contributed by atoms with van der Waals surface area (Å²) in [6, 6.07) is 15.1. The second kappa shape index (κ2) is 36.4. The van der Waals surface area contributed by atoms with E-state index in [-0.39, 0.29) is 56.4 Å². The zero-order chi connectivity index (χ0) is 68.9. The molecule has 15 atom stereocenters. The zero-order valence-electron chi connectivity index (χ0n) is 54.1. The van der Waals surface area contributed by atoms with Crippen LogP contribution in [0.2, 0.25) is 0 Å². The van der Waals surface area contributed by atoms with Gasteiger partial charge in [0.2, 0.25) is 35.4 Å². The summed E-state index contributed by atoms with van der Waals surface area (Å²) in [7, 11) is 1.55. The minimum atomic E-state index is -2.30. The van der Waals surface area contributed by atoms with Crippen LogP contribution in [0.1, 0.15) is 81.8 Å². The van der Waals surface area contributed by atoms with E-state index in [1.165, 1.54) is 43.3 Å². The van der Waals surface area contributed by atoms with Crippen LogP contribution in [0.5, 0.6) is 11.5 Å². The van der Waals surface area contributed by atoms with E-state index in [0.717, 1.165) is 70.9 Å². The molecule has 95 heavy (non-hydrogen) atoms. The van der Waals surface area contributed by atoms with Crippen LogP contribution in [-0.2, 0) is 47.7 Å². The molecule has 0 bridgehead atoms. The number of ether oxygens (including phenoxy) is 5. The van der Waals surface area contributed by atoms with Crippen LogP contribution in [-0.4, -0.2) is 251 Å². The summed E-state index contributed by atoms with van der Waals surface area (Å²) >= 11 is 0. The first-order valence-electron chi connectivity index (χ1n) is 32.1. The van der Waals surface area contributed by atoms with Crippen molar-refractivity contribution in [3.05, 3.63) is 108 Å². The molecule has 7 rings (SSSR count). The fourth-order valence-electron chi connectivity index (χ4n) is 11.4. The molecule has 0 saturated carbocycles. The van der Waals surface area contributed by atoms with Gasteiger partial charge >= 0.3 is 0 Å². The molecule has 0 aromatic heterocycles. The van der Waals surface area contributed by atoms with E-state index in [0.29, 0.717) is 26.4 Å². The number of methoxy groups -OCH3 is 1. The standard InChI is InChI=1S/C67H92N8O20/c1-6-7-8-26-95-49-23-19-44(20-24-49)42-11-9-41(10-12-42)43-13-15-46(16-14-43)61(84)69-50-35-52(80)60(68-25-27-92-30-31-94-33-32-93-29-28-91-5)73-65(88)56-57(81)38(2)36-75(56)67(90)54(40(4)77)71-64(87)55(59(83)58(82)45-17-21-47(78)22-18-45)72-63(86)51-34-48(79)37-74(51)66(89)53(39(3)76)70-62(50)85/h9-24,38-40,48,50-60,68,76-83H,6-8,25-37H2,1-5H3,(H,69,84)(H,70,85)(H,71,87)(H,72,86)(H,73,88)/t38-,39+,40+,48+,50-,51?,52+,53?,54?,55?,56?,57-,58-,59-,60?/m0/s1. The van der Waals surface area contributed by atoms with E-state index < -0.39 is 152 Å². The van der Waals surface area contributed by atoms with E-state index in [1.54, 1.807) is 19.2 Å². The van der Waals surface area contributed by atoms with Crippen molar-refractivity contribution in [1.82, 2.24) is 41.7 Å². The number of benzene rings is 4. The first-order valence-corrected chi connectivity index (χ1v) is 32.1. The summed E-state index contributed by atoms with van der Waals surface area (Å²) in [5, 5.41) is 106. The Morgan fingerprint density at radius 2 is 1.13 bits per heavy atom. The molecule has 7 amide bonds. The molecular formula is C67H92N8O20. The van der Waals surface area contributed by atoms with Gasteiger partial charge in [0.1, 0.15) is 66.1 Å². The highest BCUT2D eigenvalue weighted by Gasteiger charge is 2.50. The lowest BCUT2D eigenvalue weighted by atomic mass is 9.96. The Labute approximate surface area is 551 Å². The first kappa shape index (κ1) is 74.7. The van der Waals surface area contributed by atoms with Crippen LogP contribution in [0, 0.1) is 5.92 Å². The summed E-state index contributed by atoms with van der Waals surface area (Å²) in [4.78, 5) is 105. The van der Waals surface area contributed by atoms with Gasteiger partial charge in [0, 0.05) is 51.1 Å². The Hall–Kier alpha value is -7.71. The Morgan fingerprint density at radius 3 is 1.69 bits per heavy atom. The SMILES string of the molecule is CCCCCOc1ccc(-c2ccc(-c3ccc(C(=O)N[C@H]4C[C@@H](O)C(NCCOCCOCCOCCOC)NC(=O)C5[C@@H](O)[C@@H](C)CN5C(=O)C([C@@H](C)O)NC(=O)C([C@H](O)[C@@H](O)c5ccc(O)cc5)NC(=O)C5C[C@@H](O)CN5C(=O)C([C@@H](C)O)NC4=O)cc3)cc2)cc1. The third kappa shape index (κ3) is 20.7. The van der Waals surface area contributed by atoms with Gasteiger partial charge in [-0.2, -0.15) is 0 Å². The lowest BCUT2D eigenvalue weighted by Gasteiger charge is -2.34. The summed E-state index contributed by atoms with van der Waals surface area (Å²) < 4.78 is 27.5. The predicted octanol–water partition coefficient (Wildman–Crippen LogP) is -0.634. The van der Waals surface area contributed by atoms with E-state index >= 15 is 0 Å². The van der Waals surface area contributed by atoms with Gasteiger partial charge in [-0.1, -0.05) is 87.4 Å². The van der Waals surface area contributed by atoms with Gasteiger partial charge in [0.15, 0.2) is 0 Å². The molecule has 3 aliphatic rings. The molecule has 0 spiro atoms. The lowest BCUT2D eigenvalue weighted by Crippen LogP contribution is -2.64. The monoisotopic (exact) mass is 1330 g/mol. The van der Waals surface area contributed by atoms with Crippen molar-refractivity contribution in [2.75, 3.05) is 79.6 Å². The number of nitrogens with zero attached hydrogens (tertiary/aromatic N) is 2. The number of aliphatic hydroxyl groups is 7. The third-order valence-corrected chi connectivity index (χ3v) is 16.9. The van der Waals surface area contributed by atoms with Crippen LogP contribution >= 0.6 is 0 Å². The fraction of sp³-hybridized carbons (Fsp3) is 0.537. The van der Waals surface area contributed by atoms with Crippen molar-refractivity contribution in [2.24, 2.45) is 5.92 Å². The van der Waals surface area contributed by atoms with Gasteiger partial charge in [-0.3, -0.25) is 38.9 Å². The Morgan fingerprint density at radius 1 is 0.600 bits per heavy atom. The summed E-state index contributed by atoms with van der Waals surface area (Å²) in [6.45, 7) is 7.05. The number of amides is 7. The quantitative estimate of drug-likeness (QED) is 0.0330.